The maximum atomic E-state index is 13.5. The van der Waals surface area contributed by atoms with Gasteiger partial charge in [-0.1, -0.05) is 0 Å². The van der Waals surface area contributed by atoms with E-state index in [1.165, 1.54) is 7.05 Å². The van der Waals surface area contributed by atoms with Crippen LogP contribution in [0.1, 0.15) is 13.3 Å². The second kappa shape index (κ2) is 4.83. The third-order valence-electron chi connectivity index (χ3n) is 2.86. The Hall–Kier alpha value is -1.43. The lowest BCUT2D eigenvalue weighted by Gasteiger charge is -2.17. The van der Waals surface area contributed by atoms with Gasteiger partial charge in [-0.2, -0.15) is 0 Å². The summed E-state index contributed by atoms with van der Waals surface area (Å²) >= 11 is 0. The molecule has 1 aromatic heterocycles. The van der Waals surface area contributed by atoms with Gasteiger partial charge in [-0.25, -0.2) is 13.8 Å². The SMILES string of the molecule is CNc1nc(NC2CCOC2C)c(F)cc1F. The molecule has 0 aromatic carbocycles. The van der Waals surface area contributed by atoms with E-state index in [4.69, 9.17) is 4.74 Å². The molecule has 2 unspecified atom stereocenters. The van der Waals surface area contributed by atoms with Crippen molar-refractivity contribution >= 4 is 11.6 Å². The minimum atomic E-state index is -0.703. The topological polar surface area (TPSA) is 46.2 Å². The maximum Gasteiger partial charge on any atom is 0.168 e. The van der Waals surface area contributed by atoms with E-state index in [9.17, 15) is 8.78 Å². The first-order chi connectivity index (χ1) is 8.11. The maximum absolute atomic E-state index is 13.5. The molecular weight excluding hydrogens is 228 g/mol. The van der Waals surface area contributed by atoms with Crippen LogP contribution in [0.4, 0.5) is 20.4 Å². The Balaban J connectivity index is 2.20. The van der Waals surface area contributed by atoms with Crippen LogP contribution in [-0.2, 0) is 4.74 Å². The van der Waals surface area contributed by atoms with Crippen molar-refractivity contribution in [3.63, 3.8) is 0 Å². The summed E-state index contributed by atoms with van der Waals surface area (Å²) in [4.78, 5) is 3.86. The Morgan fingerprint density at radius 3 is 2.65 bits per heavy atom. The molecule has 0 bridgehead atoms. The van der Waals surface area contributed by atoms with Gasteiger partial charge in [-0.05, 0) is 13.3 Å². The van der Waals surface area contributed by atoms with Crippen molar-refractivity contribution < 1.29 is 13.5 Å². The van der Waals surface area contributed by atoms with E-state index < -0.39 is 11.6 Å². The molecular formula is C11H15F2N3O. The van der Waals surface area contributed by atoms with Crippen LogP contribution >= 0.6 is 0 Å². The first kappa shape index (κ1) is 12.0. The van der Waals surface area contributed by atoms with Crippen molar-refractivity contribution in [3.05, 3.63) is 17.7 Å². The van der Waals surface area contributed by atoms with Crippen LogP contribution in [0, 0.1) is 11.6 Å². The molecule has 1 fully saturated rings. The summed E-state index contributed by atoms with van der Waals surface area (Å²) in [5.41, 5.74) is 0. The Morgan fingerprint density at radius 2 is 2.06 bits per heavy atom. The van der Waals surface area contributed by atoms with Gasteiger partial charge in [-0.15, -0.1) is 0 Å². The molecule has 1 aliphatic rings. The van der Waals surface area contributed by atoms with Gasteiger partial charge >= 0.3 is 0 Å². The number of hydrogen-bond donors (Lipinski definition) is 2. The van der Waals surface area contributed by atoms with E-state index in [0.717, 1.165) is 12.5 Å². The van der Waals surface area contributed by atoms with Crippen LogP contribution in [0.2, 0.25) is 0 Å². The monoisotopic (exact) mass is 243 g/mol. The summed E-state index contributed by atoms with van der Waals surface area (Å²) in [6, 6.07) is 0.828. The van der Waals surface area contributed by atoms with Gasteiger partial charge < -0.3 is 15.4 Å². The minimum absolute atomic E-state index is 0.000659. The summed E-state index contributed by atoms with van der Waals surface area (Å²) in [5.74, 6) is -1.31. The van der Waals surface area contributed by atoms with Gasteiger partial charge in [0.2, 0.25) is 0 Å². The van der Waals surface area contributed by atoms with E-state index in [-0.39, 0.29) is 23.8 Å². The van der Waals surface area contributed by atoms with E-state index in [2.05, 4.69) is 15.6 Å². The van der Waals surface area contributed by atoms with Crippen molar-refractivity contribution in [2.75, 3.05) is 24.3 Å². The lowest BCUT2D eigenvalue weighted by Crippen LogP contribution is -2.27. The Bertz CT molecular complexity index is 414. The van der Waals surface area contributed by atoms with Crippen LogP contribution in [0.3, 0.4) is 0 Å². The smallest absolute Gasteiger partial charge is 0.168 e. The fourth-order valence-electron chi connectivity index (χ4n) is 1.84. The summed E-state index contributed by atoms with van der Waals surface area (Å²) < 4.78 is 32.1. The molecule has 17 heavy (non-hydrogen) atoms. The zero-order valence-electron chi connectivity index (χ0n) is 9.76. The Kier molecular flexibility index (Phi) is 3.42. The van der Waals surface area contributed by atoms with Crippen LogP contribution in [-0.4, -0.2) is 30.8 Å². The number of aromatic nitrogens is 1. The molecule has 4 nitrogen and oxygen atoms in total. The number of anilines is 2. The molecule has 6 heteroatoms. The molecule has 0 saturated carbocycles. The fraction of sp³-hybridized carbons (Fsp3) is 0.545. The third kappa shape index (κ3) is 2.46. The molecule has 0 aliphatic carbocycles. The molecule has 1 saturated heterocycles. The van der Waals surface area contributed by atoms with Gasteiger partial charge in [0.1, 0.15) is 0 Å². The van der Waals surface area contributed by atoms with E-state index >= 15 is 0 Å². The molecule has 1 aromatic rings. The number of nitrogens with zero attached hydrogens (tertiary/aromatic N) is 1. The molecule has 94 valence electrons. The van der Waals surface area contributed by atoms with E-state index in [1.54, 1.807) is 0 Å². The standard InChI is InChI=1S/C11H15F2N3O/c1-6-9(3-4-17-6)15-11-8(13)5-7(12)10(14-2)16-11/h5-6,9H,3-4H2,1-2H3,(H2,14,15,16). The van der Waals surface area contributed by atoms with Crippen LogP contribution in [0.25, 0.3) is 0 Å². The van der Waals surface area contributed by atoms with Crippen LogP contribution in [0.15, 0.2) is 6.07 Å². The fourth-order valence-corrected chi connectivity index (χ4v) is 1.84. The normalized spacial score (nSPS) is 23.8. The van der Waals surface area contributed by atoms with E-state index in [1.807, 2.05) is 6.92 Å². The highest BCUT2D eigenvalue weighted by Gasteiger charge is 2.25. The lowest BCUT2D eigenvalue weighted by atomic mass is 10.1. The molecule has 0 amide bonds. The molecule has 2 rings (SSSR count). The highest BCUT2D eigenvalue weighted by atomic mass is 19.1. The van der Waals surface area contributed by atoms with Crippen LogP contribution in [0.5, 0.6) is 0 Å². The van der Waals surface area contributed by atoms with Crippen molar-refractivity contribution in [1.29, 1.82) is 0 Å². The largest absolute Gasteiger partial charge is 0.376 e. The number of hydrogen-bond acceptors (Lipinski definition) is 4. The zero-order valence-corrected chi connectivity index (χ0v) is 9.76. The predicted molar refractivity (Wildman–Crippen MR) is 61.1 cm³/mol. The summed E-state index contributed by atoms with van der Waals surface area (Å²) in [5, 5.41) is 5.52. The number of nitrogens with one attached hydrogen (secondary N) is 2. The van der Waals surface area contributed by atoms with Crippen molar-refractivity contribution in [1.82, 2.24) is 4.98 Å². The molecule has 0 radical (unpaired) electrons. The Labute approximate surface area is 98.4 Å². The Morgan fingerprint density at radius 1 is 1.35 bits per heavy atom. The molecule has 2 atom stereocenters. The van der Waals surface area contributed by atoms with Gasteiger partial charge in [0.25, 0.3) is 0 Å². The molecule has 2 N–H and O–H groups in total. The van der Waals surface area contributed by atoms with E-state index in [0.29, 0.717) is 6.61 Å². The number of rotatable bonds is 3. The number of pyridine rings is 1. The first-order valence-corrected chi connectivity index (χ1v) is 5.53. The van der Waals surface area contributed by atoms with Crippen LogP contribution < -0.4 is 10.6 Å². The first-order valence-electron chi connectivity index (χ1n) is 5.53. The summed E-state index contributed by atoms with van der Waals surface area (Å²) in [6.07, 6.45) is 0.786. The third-order valence-corrected chi connectivity index (χ3v) is 2.86. The molecule has 2 heterocycles. The average molecular weight is 243 g/mol. The summed E-state index contributed by atoms with van der Waals surface area (Å²) in [6.45, 7) is 2.55. The van der Waals surface area contributed by atoms with Gasteiger partial charge in [0, 0.05) is 19.7 Å². The highest BCUT2D eigenvalue weighted by molar-refractivity contribution is 5.47. The predicted octanol–water partition coefficient (Wildman–Crippen LogP) is 1.99. The van der Waals surface area contributed by atoms with Gasteiger partial charge in [0.05, 0.1) is 12.1 Å². The highest BCUT2D eigenvalue weighted by Crippen LogP contribution is 2.22. The quantitative estimate of drug-likeness (QED) is 0.852. The van der Waals surface area contributed by atoms with Crippen molar-refractivity contribution in [2.45, 2.75) is 25.5 Å². The average Bonchev–Trinajstić information content (AvgIpc) is 2.68. The second-order valence-electron chi connectivity index (χ2n) is 4.01. The number of ether oxygens (including phenoxy) is 1. The summed E-state index contributed by atoms with van der Waals surface area (Å²) in [7, 11) is 1.54. The minimum Gasteiger partial charge on any atom is -0.376 e. The second-order valence-corrected chi connectivity index (χ2v) is 4.01. The van der Waals surface area contributed by atoms with Crippen molar-refractivity contribution in [3.8, 4) is 0 Å². The number of halogens is 2. The lowest BCUT2D eigenvalue weighted by molar-refractivity contribution is 0.121. The molecule has 0 spiro atoms. The zero-order chi connectivity index (χ0) is 12.4. The molecule has 1 aliphatic heterocycles. The van der Waals surface area contributed by atoms with Gasteiger partial charge in [0.15, 0.2) is 23.3 Å². The van der Waals surface area contributed by atoms with Gasteiger partial charge in [-0.3, -0.25) is 0 Å². The van der Waals surface area contributed by atoms with Crippen molar-refractivity contribution in [2.24, 2.45) is 0 Å².